The standard InChI is InChI=1S/C10H8O2/c11-10-7-6-8-4-2-1-3-5-9(8)12-10/h2-7H,1H2. The molecule has 2 nitrogen and oxygen atoms in total. The first-order valence-corrected chi connectivity index (χ1v) is 3.83. The number of hydrogen-bond donors (Lipinski definition) is 0. The lowest BCUT2D eigenvalue weighted by Gasteiger charge is -1.95. The van der Waals surface area contributed by atoms with E-state index in [2.05, 4.69) is 0 Å². The zero-order chi connectivity index (χ0) is 8.39. The molecule has 0 bridgehead atoms. The van der Waals surface area contributed by atoms with Crippen LogP contribution in [0, 0.1) is 0 Å². The Labute approximate surface area is 69.8 Å². The van der Waals surface area contributed by atoms with Crippen LogP contribution < -0.4 is 5.63 Å². The normalized spacial score (nSPS) is 14.0. The van der Waals surface area contributed by atoms with Gasteiger partial charge in [0, 0.05) is 11.6 Å². The minimum Gasteiger partial charge on any atom is -0.423 e. The Balaban J connectivity index is 2.66. The molecule has 1 aromatic rings. The topological polar surface area (TPSA) is 30.2 Å². The summed E-state index contributed by atoms with van der Waals surface area (Å²) < 4.78 is 4.99. The second-order valence-electron chi connectivity index (χ2n) is 2.61. The minimum atomic E-state index is -0.297. The lowest BCUT2D eigenvalue weighted by molar-refractivity contribution is 0.500. The van der Waals surface area contributed by atoms with Gasteiger partial charge in [-0.15, -0.1) is 0 Å². The van der Waals surface area contributed by atoms with E-state index in [4.69, 9.17) is 4.42 Å². The average molecular weight is 160 g/mol. The van der Waals surface area contributed by atoms with Crippen molar-refractivity contribution in [3.63, 3.8) is 0 Å². The van der Waals surface area contributed by atoms with Gasteiger partial charge in [-0.3, -0.25) is 0 Å². The van der Waals surface area contributed by atoms with Gasteiger partial charge in [0.15, 0.2) is 0 Å². The molecule has 0 aliphatic heterocycles. The largest absolute Gasteiger partial charge is 0.423 e. The van der Waals surface area contributed by atoms with Crippen LogP contribution in [0.25, 0.3) is 12.2 Å². The van der Waals surface area contributed by atoms with Gasteiger partial charge in [-0.05, 0) is 18.6 Å². The van der Waals surface area contributed by atoms with Gasteiger partial charge in [-0.25, -0.2) is 4.79 Å². The van der Waals surface area contributed by atoms with Crippen molar-refractivity contribution in [2.24, 2.45) is 0 Å². The van der Waals surface area contributed by atoms with Crippen molar-refractivity contribution in [2.45, 2.75) is 6.42 Å². The third-order valence-corrected chi connectivity index (χ3v) is 1.73. The molecule has 0 N–H and O–H groups in total. The third-order valence-electron chi connectivity index (χ3n) is 1.73. The molecule has 12 heavy (non-hydrogen) atoms. The summed E-state index contributed by atoms with van der Waals surface area (Å²) in [4.78, 5) is 10.8. The van der Waals surface area contributed by atoms with Crippen LogP contribution in [0.4, 0.5) is 0 Å². The molecule has 1 heterocycles. The monoisotopic (exact) mass is 160 g/mol. The summed E-state index contributed by atoms with van der Waals surface area (Å²) in [5.74, 6) is 0.649. The molecule has 1 aliphatic carbocycles. The smallest absolute Gasteiger partial charge is 0.336 e. The lowest BCUT2D eigenvalue weighted by atomic mass is 10.2. The van der Waals surface area contributed by atoms with Crippen LogP contribution in [-0.2, 0) is 0 Å². The van der Waals surface area contributed by atoms with E-state index in [1.807, 2.05) is 24.3 Å². The van der Waals surface area contributed by atoms with E-state index < -0.39 is 0 Å². The van der Waals surface area contributed by atoms with Crippen molar-refractivity contribution in [3.05, 3.63) is 46.0 Å². The van der Waals surface area contributed by atoms with Gasteiger partial charge >= 0.3 is 5.63 Å². The molecule has 0 fully saturated rings. The van der Waals surface area contributed by atoms with Crippen LogP contribution in [0.3, 0.4) is 0 Å². The highest BCUT2D eigenvalue weighted by Gasteiger charge is 2.00. The van der Waals surface area contributed by atoms with Gasteiger partial charge in [0.25, 0.3) is 0 Å². The zero-order valence-electron chi connectivity index (χ0n) is 6.49. The summed E-state index contributed by atoms with van der Waals surface area (Å²) in [6.07, 6.45) is 8.67. The molecule has 2 rings (SSSR count). The fraction of sp³-hybridized carbons (Fsp3) is 0.100. The summed E-state index contributed by atoms with van der Waals surface area (Å²) in [7, 11) is 0. The molecule has 1 aliphatic rings. The van der Waals surface area contributed by atoms with Gasteiger partial charge in [0.1, 0.15) is 5.76 Å². The first kappa shape index (κ1) is 7.10. The highest BCUT2D eigenvalue weighted by Crippen LogP contribution is 2.14. The predicted octanol–water partition coefficient (Wildman–Crippen LogP) is 2.07. The maximum absolute atomic E-state index is 10.8. The molecule has 0 unspecified atom stereocenters. The maximum Gasteiger partial charge on any atom is 0.336 e. The van der Waals surface area contributed by atoms with Gasteiger partial charge in [0.05, 0.1) is 0 Å². The number of allylic oxidation sites excluding steroid dienone is 2. The summed E-state index contributed by atoms with van der Waals surface area (Å²) in [6, 6.07) is 3.20. The average Bonchev–Trinajstić information content (AvgIpc) is 2.28. The van der Waals surface area contributed by atoms with Gasteiger partial charge in [-0.2, -0.15) is 0 Å². The SMILES string of the molecule is O=c1ccc2c(o1)C=CCC=C2. The molecule has 0 saturated heterocycles. The van der Waals surface area contributed by atoms with Crippen LogP contribution in [0.15, 0.2) is 33.5 Å². The Morgan fingerprint density at radius 1 is 1.17 bits per heavy atom. The zero-order valence-corrected chi connectivity index (χ0v) is 6.49. The van der Waals surface area contributed by atoms with Crippen molar-refractivity contribution in [1.29, 1.82) is 0 Å². The van der Waals surface area contributed by atoms with E-state index in [1.165, 1.54) is 6.07 Å². The van der Waals surface area contributed by atoms with Crippen LogP contribution in [0.5, 0.6) is 0 Å². The Hall–Kier alpha value is -1.57. The molecule has 0 atom stereocenters. The molecular formula is C10H8O2. The third kappa shape index (κ3) is 1.23. The second-order valence-corrected chi connectivity index (χ2v) is 2.61. The second kappa shape index (κ2) is 2.81. The first-order valence-electron chi connectivity index (χ1n) is 3.83. The van der Waals surface area contributed by atoms with Crippen molar-refractivity contribution in [3.8, 4) is 0 Å². The van der Waals surface area contributed by atoms with Crippen molar-refractivity contribution in [1.82, 2.24) is 0 Å². The molecule has 0 amide bonds. The number of hydrogen-bond acceptors (Lipinski definition) is 2. The van der Waals surface area contributed by atoms with Crippen LogP contribution in [-0.4, -0.2) is 0 Å². The van der Waals surface area contributed by atoms with Gasteiger partial charge < -0.3 is 4.42 Å². The minimum absolute atomic E-state index is 0.297. The number of rotatable bonds is 0. The number of fused-ring (bicyclic) bond motifs is 1. The molecule has 0 aromatic carbocycles. The van der Waals surface area contributed by atoms with E-state index in [-0.39, 0.29) is 5.63 Å². The molecule has 2 heteroatoms. The fourth-order valence-corrected chi connectivity index (χ4v) is 1.16. The Morgan fingerprint density at radius 2 is 2.00 bits per heavy atom. The van der Waals surface area contributed by atoms with E-state index in [0.717, 1.165) is 12.0 Å². The first-order chi connectivity index (χ1) is 5.86. The Bertz CT molecular complexity index is 397. The predicted molar refractivity (Wildman–Crippen MR) is 47.7 cm³/mol. The molecule has 60 valence electrons. The summed E-state index contributed by atoms with van der Waals surface area (Å²) in [6.45, 7) is 0. The Morgan fingerprint density at radius 3 is 2.92 bits per heavy atom. The van der Waals surface area contributed by atoms with Crippen molar-refractivity contribution >= 4 is 12.2 Å². The van der Waals surface area contributed by atoms with Gasteiger partial charge in [0.2, 0.25) is 0 Å². The maximum atomic E-state index is 10.8. The fourth-order valence-electron chi connectivity index (χ4n) is 1.16. The van der Waals surface area contributed by atoms with E-state index in [0.29, 0.717) is 5.76 Å². The van der Waals surface area contributed by atoms with E-state index in [9.17, 15) is 4.79 Å². The van der Waals surface area contributed by atoms with Crippen LogP contribution in [0.1, 0.15) is 17.7 Å². The summed E-state index contributed by atoms with van der Waals surface area (Å²) in [5.41, 5.74) is 0.664. The van der Waals surface area contributed by atoms with Gasteiger partial charge in [-0.1, -0.05) is 18.2 Å². The summed E-state index contributed by atoms with van der Waals surface area (Å²) in [5, 5.41) is 0. The molecule has 1 aromatic heterocycles. The highest BCUT2D eigenvalue weighted by atomic mass is 16.4. The highest BCUT2D eigenvalue weighted by molar-refractivity contribution is 5.62. The summed E-state index contributed by atoms with van der Waals surface area (Å²) >= 11 is 0. The van der Waals surface area contributed by atoms with Crippen molar-refractivity contribution in [2.75, 3.05) is 0 Å². The molecule has 0 spiro atoms. The molecule has 0 saturated carbocycles. The van der Waals surface area contributed by atoms with E-state index >= 15 is 0 Å². The van der Waals surface area contributed by atoms with E-state index in [1.54, 1.807) is 6.07 Å². The quantitative estimate of drug-likeness (QED) is 0.581. The van der Waals surface area contributed by atoms with Crippen molar-refractivity contribution < 1.29 is 4.42 Å². The lowest BCUT2D eigenvalue weighted by Crippen LogP contribution is -1.97. The van der Waals surface area contributed by atoms with Crippen LogP contribution >= 0.6 is 0 Å². The molecule has 0 radical (unpaired) electrons. The Kier molecular flexibility index (Phi) is 1.67. The van der Waals surface area contributed by atoms with Crippen LogP contribution in [0.2, 0.25) is 0 Å². The molecular weight excluding hydrogens is 152 g/mol.